The van der Waals surface area contributed by atoms with Gasteiger partial charge in [0.1, 0.15) is 10.4 Å². The van der Waals surface area contributed by atoms with Crippen LogP contribution in [0, 0.1) is 10.1 Å². The molecule has 0 bridgehead atoms. The normalized spacial score (nSPS) is 14.4. The summed E-state index contributed by atoms with van der Waals surface area (Å²) < 4.78 is 26.4. The number of carbonyl (C=O) groups is 1. The van der Waals surface area contributed by atoms with Crippen LogP contribution < -0.4 is 4.72 Å². The first-order valence-corrected chi connectivity index (χ1v) is 7.61. The number of aliphatic carboxylic acids is 1. The standard InChI is InChI=1S/C11H13ClN2O6S/c1-3-11(2,10(15)16)13-21(19,20)9-5-4-7(14(17)18)6-8(9)12/h4-6,13H,3H2,1-2H3,(H,15,16). The molecule has 0 spiro atoms. The van der Waals surface area contributed by atoms with E-state index in [0.29, 0.717) is 0 Å². The molecule has 21 heavy (non-hydrogen) atoms. The molecule has 0 fully saturated rings. The highest BCUT2D eigenvalue weighted by Gasteiger charge is 2.37. The van der Waals surface area contributed by atoms with E-state index in [1.807, 2.05) is 4.72 Å². The van der Waals surface area contributed by atoms with Crippen molar-refractivity contribution >= 4 is 33.3 Å². The lowest BCUT2D eigenvalue weighted by molar-refractivity contribution is -0.384. The monoisotopic (exact) mass is 336 g/mol. The number of hydrogen-bond acceptors (Lipinski definition) is 5. The zero-order chi connectivity index (χ0) is 16.4. The number of non-ortho nitro benzene ring substituents is 1. The fourth-order valence-electron chi connectivity index (χ4n) is 1.44. The lowest BCUT2D eigenvalue weighted by atomic mass is 10.0. The molecule has 1 atom stereocenters. The maximum Gasteiger partial charge on any atom is 0.324 e. The van der Waals surface area contributed by atoms with Crippen molar-refractivity contribution in [2.24, 2.45) is 0 Å². The van der Waals surface area contributed by atoms with E-state index in [1.54, 1.807) is 0 Å². The zero-order valence-corrected chi connectivity index (χ0v) is 12.7. The minimum atomic E-state index is -4.23. The molecule has 8 nitrogen and oxygen atoms in total. The summed E-state index contributed by atoms with van der Waals surface area (Å²) in [6, 6.07) is 2.82. The minimum absolute atomic E-state index is 0.00611. The smallest absolute Gasteiger partial charge is 0.324 e. The Hall–Kier alpha value is -1.71. The Morgan fingerprint density at radius 3 is 2.48 bits per heavy atom. The first kappa shape index (κ1) is 17.3. The summed E-state index contributed by atoms with van der Waals surface area (Å²) in [7, 11) is -4.23. The molecule has 0 aromatic heterocycles. The van der Waals surface area contributed by atoms with Crippen LogP contribution in [-0.2, 0) is 14.8 Å². The number of sulfonamides is 1. The third-order valence-corrected chi connectivity index (χ3v) is 5.03. The maximum atomic E-state index is 12.2. The number of benzene rings is 1. The van der Waals surface area contributed by atoms with Crippen LogP contribution in [0.15, 0.2) is 23.1 Å². The summed E-state index contributed by atoms with van der Waals surface area (Å²) in [4.78, 5) is 20.6. The number of carboxylic acid groups (broad SMARTS) is 1. The Kier molecular flexibility index (Phi) is 4.92. The van der Waals surface area contributed by atoms with Gasteiger partial charge in [0, 0.05) is 12.1 Å². The van der Waals surface area contributed by atoms with Crippen molar-refractivity contribution in [3.05, 3.63) is 33.3 Å². The van der Waals surface area contributed by atoms with Crippen molar-refractivity contribution in [1.82, 2.24) is 4.72 Å². The molecule has 116 valence electrons. The summed E-state index contributed by atoms with van der Waals surface area (Å²) in [5.74, 6) is -1.34. The Morgan fingerprint density at radius 2 is 2.10 bits per heavy atom. The van der Waals surface area contributed by atoms with E-state index in [-0.39, 0.29) is 17.1 Å². The van der Waals surface area contributed by atoms with Gasteiger partial charge in [-0.25, -0.2) is 8.42 Å². The van der Waals surface area contributed by atoms with Gasteiger partial charge in [-0.3, -0.25) is 14.9 Å². The lowest BCUT2D eigenvalue weighted by Crippen LogP contribution is -2.51. The van der Waals surface area contributed by atoms with Gasteiger partial charge in [0.25, 0.3) is 5.69 Å². The Labute approximate surface area is 125 Å². The fraction of sp³-hybridized carbons (Fsp3) is 0.364. The third-order valence-electron chi connectivity index (χ3n) is 2.95. The van der Waals surface area contributed by atoms with Crippen LogP contribution in [0.1, 0.15) is 20.3 Å². The van der Waals surface area contributed by atoms with Gasteiger partial charge in [0.2, 0.25) is 10.0 Å². The number of nitro groups is 1. The van der Waals surface area contributed by atoms with E-state index in [9.17, 15) is 23.3 Å². The van der Waals surface area contributed by atoms with Crippen LogP contribution in [0.5, 0.6) is 0 Å². The molecule has 0 amide bonds. The molecule has 0 aliphatic rings. The summed E-state index contributed by atoms with van der Waals surface area (Å²) in [5, 5.41) is 19.3. The number of nitrogens with zero attached hydrogens (tertiary/aromatic N) is 1. The van der Waals surface area contributed by atoms with Gasteiger partial charge in [-0.05, 0) is 19.4 Å². The van der Waals surface area contributed by atoms with Crippen molar-refractivity contribution in [2.75, 3.05) is 0 Å². The van der Waals surface area contributed by atoms with Gasteiger partial charge in [0.05, 0.1) is 9.95 Å². The van der Waals surface area contributed by atoms with Crippen molar-refractivity contribution in [3.63, 3.8) is 0 Å². The maximum absolute atomic E-state index is 12.2. The predicted octanol–water partition coefficient (Wildman–Crippen LogP) is 1.78. The number of nitrogens with one attached hydrogen (secondary N) is 1. The second-order valence-corrected chi connectivity index (χ2v) is 6.53. The molecule has 0 saturated carbocycles. The number of halogens is 1. The molecule has 0 heterocycles. The molecule has 0 aliphatic heterocycles. The molecule has 1 aromatic rings. The molecular formula is C11H13ClN2O6S. The number of rotatable bonds is 6. The van der Waals surface area contributed by atoms with Crippen molar-refractivity contribution in [3.8, 4) is 0 Å². The first-order valence-electron chi connectivity index (χ1n) is 5.75. The topological polar surface area (TPSA) is 127 Å². The molecular weight excluding hydrogens is 324 g/mol. The largest absolute Gasteiger partial charge is 0.480 e. The van der Waals surface area contributed by atoms with E-state index in [0.717, 1.165) is 18.2 Å². The number of nitro benzene ring substituents is 1. The van der Waals surface area contributed by atoms with Crippen molar-refractivity contribution in [1.29, 1.82) is 0 Å². The average Bonchev–Trinajstić information content (AvgIpc) is 2.37. The molecule has 0 saturated heterocycles. The van der Waals surface area contributed by atoms with Gasteiger partial charge in [-0.2, -0.15) is 4.72 Å². The van der Waals surface area contributed by atoms with Crippen LogP contribution in [-0.4, -0.2) is 30.0 Å². The van der Waals surface area contributed by atoms with Gasteiger partial charge in [-0.15, -0.1) is 0 Å². The lowest BCUT2D eigenvalue weighted by Gasteiger charge is -2.24. The molecule has 2 N–H and O–H groups in total. The van der Waals surface area contributed by atoms with Gasteiger partial charge in [0.15, 0.2) is 0 Å². The highest BCUT2D eigenvalue weighted by atomic mass is 35.5. The van der Waals surface area contributed by atoms with E-state index in [4.69, 9.17) is 16.7 Å². The first-order chi connectivity index (χ1) is 9.53. The van der Waals surface area contributed by atoms with Gasteiger partial charge >= 0.3 is 5.97 Å². The Bertz CT molecular complexity index is 690. The molecule has 0 aliphatic carbocycles. The molecule has 1 unspecified atom stereocenters. The molecule has 1 aromatic carbocycles. The molecule has 1 rings (SSSR count). The van der Waals surface area contributed by atoms with Gasteiger partial charge < -0.3 is 5.11 Å². The average molecular weight is 337 g/mol. The van der Waals surface area contributed by atoms with E-state index in [2.05, 4.69) is 0 Å². The third kappa shape index (κ3) is 3.69. The Balaban J connectivity index is 3.26. The van der Waals surface area contributed by atoms with Gasteiger partial charge in [-0.1, -0.05) is 18.5 Å². The summed E-state index contributed by atoms with van der Waals surface area (Å²) in [6.07, 6.45) is 0.00611. The van der Waals surface area contributed by atoms with E-state index >= 15 is 0 Å². The number of hydrogen-bond donors (Lipinski definition) is 2. The molecule has 10 heteroatoms. The second-order valence-electron chi connectivity index (χ2n) is 4.47. The zero-order valence-electron chi connectivity index (χ0n) is 11.2. The Morgan fingerprint density at radius 1 is 1.52 bits per heavy atom. The molecule has 0 radical (unpaired) electrons. The van der Waals surface area contributed by atoms with Crippen LogP contribution in [0.2, 0.25) is 5.02 Å². The van der Waals surface area contributed by atoms with Crippen LogP contribution in [0.25, 0.3) is 0 Å². The highest BCUT2D eigenvalue weighted by molar-refractivity contribution is 7.89. The predicted molar refractivity (Wildman–Crippen MR) is 74.8 cm³/mol. The van der Waals surface area contributed by atoms with Crippen LogP contribution in [0.4, 0.5) is 5.69 Å². The van der Waals surface area contributed by atoms with E-state index < -0.39 is 31.4 Å². The summed E-state index contributed by atoms with van der Waals surface area (Å²) in [5.41, 5.74) is -2.07. The minimum Gasteiger partial charge on any atom is -0.480 e. The van der Waals surface area contributed by atoms with Crippen molar-refractivity contribution in [2.45, 2.75) is 30.7 Å². The number of carboxylic acids is 1. The fourth-order valence-corrected chi connectivity index (χ4v) is 3.42. The van der Waals surface area contributed by atoms with E-state index in [1.165, 1.54) is 13.8 Å². The SMILES string of the molecule is CCC(C)(NS(=O)(=O)c1ccc([N+](=O)[O-])cc1Cl)C(=O)O. The second kappa shape index (κ2) is 5.96. The summed E-state index contributed by atoms with van der Waals surface area (Å²) >= 11 is 5.74. The quantitative estimate of drug-likeness (QED) is 0.602. The highest BCUT2D eigenvalue weighted by Crippen LogP contribution is 2.27. The van der Waals surface area contributed by atoms with Crippen LogP contribution in [0.3, 0.4) is 0 Å². The summed E-state index contributed by atoms with van der Waals surface area (Å²) in [6.45, 7) is 2.72. The van der Waals surface area contributed by atoms with Crippen molar-refractivity contribution < 1.29 is 23.2 Å². The van der Waals surface area contributed by atoms with Crippen LogP contribution >= 0.6 is 11.6 Å².